The molecule has 2 rings (SSSR count). The average Bonchev–Trinajstić information content (AvgIpc) is 2.52. The van der Waals surface area contributed by atoms with E-state index in [1.54, 1.807) is 0 Å². The van der Waals surface area contributed by atoms with E-state index in [2.05, 4.69) is 10.1 Å². The first-order valence-electron chi connectivity index (χ1n) is 5.36. The van der Waals surface area contributed by atoms with Crippen molar-refractivity contribution in [3.05, 3.63) is 27.2 Å². The number of rotatable bonds is 2. The topological polar surface area (TPSA) is 70.4 Å². The van der Waals surface area contributed by atoms with Gasteiger partial charge in [0.2, 0.25) is 5.88 Å². The molecule has 2 aromatic heterocycles. The molecule has 0 atom stereocenters. The lowest BCUT2D eigenvalue weighted by atomic mass is 10.2. The van der Waals surface area contributed by atoms with Crippen LogP contribution in [0.2, 0.25) is 0 Å². The second kappa shape index (κ2) is 3.66. The van der Waals surface area contributed by atoms with E-state index in [-0.39, 0.29) is 11.4 Å². The maximum atomic E-state index is 11.7. The summed E-state index contributed by atoms with van der Waals surface area (Å²) in [5, 5.41) is 14.2. The van der Waals surface area contributed by atoms with Gasteiger partial charge in [0.05, 0.1) is 11.3 Å². The summed E-state index contributed by atoms with van der Waals surface area (Å²) in [4.78, 5) is 14.5. The van der Waals surface area contributed by atoms with Crippen LogP contribution in [0.1, 0.15) is 30.2 Å². The molecule has 0 aliphatic carbocycles. The summed E-state index contributed by atoms with van der Waals surface area (Å²) < 4.78 is 1.40. The zero-order valence-electron chi connectivity index (χ0n) is 9.66. The third-order valence-electron chi connectivity index (χ3n) is 2.84. The fourth-order valence-corrected chi connectivity index (χ4v) is 1.79. The first-order valence-corrected chi connectivity index (χ1v) is 5.36. The lowest BCUT2D eigenvalue weighted by molar-refractivity contribution is 0.425. The molecular formula is C11H15N3O2. The molecule has 86 valence electrons. The summed E-state index contributed by atoms with van der Waals surface area (Å²) >= 11 is 0. The average molecular weight is 221 g/mol. The Morgan fingerprint density at radius 1 is 1.44 bits per heavy atom. The Morgan fingerprint density at radius 3 is 2.75 bits per heavy atom. The van der Waals surface area contributed by atoms with Gasteiger partial charge in [0.25, 0.3) is 5.56 Å². The standard InChI is InChI=1S/C11H15N3O2/c1-4-5-8-10(15)12-9-6(2)7(3)13-14(9)11(8)16/h16H,4-5H2,1-3H3,(H,12,15). The summed E-state index contributed by atoms with van der Waals surface area (Å²) in [7, 11) is 0. The van der Waals surface area contributed by atoms with Gasteiger partial charge < -0.3 is 10.1 Å². The van der Waals surface area contributed by atoms with Crippen LogP contribution < -0.4 is 5.56 Å². The van der Waals surface area contributed by atoms with Crippen LogP contribution in [-0.2, 0) is 6.42 Å². The molecule has 0 unspecified atom stereocenters. The second-order valence-corrected chi connectivity index (χ2v) is 3.98. The van der Waals surface area contributed by atoms with E-state index in [1.165, 1.54) is 4.52 Å². The van der Waals surface area contributed by atoms with Crippen molar-refractivity contribution in [3.8, 4) is 5.88 Å². The van der Waals surface area contributed by atoms with E-state index in [4.69, 9.17) is 0 Å². The number of aromatic amines is 1. The Labute approximate surface area is 92.7 Å². The normalized spacial score (nSPS) is 11.2. The minimum Gasteiger partial charge on any atom is -0.493 e. The van der Waals surface area contributed by atoms with Crippen molar-refractivity contribution in [2.24, 2.45) is 0 Å². The first kappa shape index (κ1) is 10.7. The summed E-state index contributed by atoms with van der Waals surface area (Å²) in [5.41, 5.74) is 2.43. The minimum absolute atomic E-state index is 0.0446. The Hall–Kier alpha value is -1.78. The Balaban J connectivity index is 2.83. The van der Waals surface area contributed by atoms with Gasteiger partial charge in [-0.3, -0.25) is 4.79 Å². The molecule has 0 bridgehead atoms. The first-order chi connectivity index (χ1) is 7.56. The summed E-state index contributed by atoms with van der Waals surface area (Å²) in [6, 6.07) is 0. The van der Waals surface area contributed by atoms with E-state index < -0.39 is 0 Å². The number of nitrogens with zero attached hydrogens (tertiary/aromatic N) is 2. The Morgan fingerprint density at radius 2 is 2.12 bits per heavy atom. The fraction of sp³-hybridized carbons (Fsp3) is 0.455. The number of aromatic hydroxyl groups is 1. The smallest absolute Gasteiger partial charge is 0.258 e. The SMILES string of the molecule is CCCc1c(O)n2nc(C)c(C)c2[nH]c1=O. The lowest BCUT2D eigenvalue weighted by Gasteiger charge is -2.04. The van der Waals surface area contributed by atoms with Gasteiger partial charge in [-0.05, 0) is 20.3 Å². The van der Waals surface area contributed by atoms with Gasteiger partial charge in [0.15, 0.2) is 0 Å². The molecule has 16 heavy (non-hydrogen) atoms. The predicted octanol–water partition coefficient (Wildman–Crippen LogP) is 1.30. The predicted molar refractivity (Wildman–Crippen MR) is 60.9 cm³/mol. The van der Waals surface area contributed by atoms with E-state index in [1.807, 2.05) is 20.8 Å². The third kappa shape index (κ3) is 1.39. The van der Waals surface area contributed by atoms with E-state index in [0.717, 1.165) is 17.7 Å². The van der Waals surface area contributed by atoms with E-state index in [0.29, 0.717) is 17.6 Å². The number of hydrogen-bond acceptors (Lipinski definition) is 3. The molecule has 0 aliphatic heterocycles. The molecule has 0 spiro atoms. The Kier molecular flexibility index (Phi) is 2.46. The van der Waals surface area contributed by atoms with Crippen LogP contribution in [-0.4, -0.2) is 19.7 Å². The summed E-state index contributed by atoms with van der Waals surface area (Å²) in [6.45, 7) is 5.68. The van der Waals surface area contributed by atoms with Crippen LogP contribution in [0.5, 0.6) is 5.88 Å². The van der Waals surface area contributed by atoms with Crippen LogP contribution in [0.15, 0.2) is 4.79 Å². The van der Waals surface area contributed by atoms with Crippen molar-refractivity contribution in [2.75, 3.05) is 0 Å². The number of fused-ring (bicyclic) bond motifs is 1. The van der Waals surface area contributed by atoms with Crippen molar-refractivity contribution in [3.63, 3.8) is 0 Å². The van der Waals surface area contributed by atoms with Gasteiger partial charge >= 0.3 is 0 Å². The second-order valence-electron chi connectivity index (χ2n) is 3.98. The molecular weight excluding hydrogens is 206 g/mol. The third-order valence-corrected chi connectivity index (χ3v) is 2.84. The quantitative estimate of drug-likeness (QED) is 0.803. The summed E-state index contributed by atoms with van der Waals surface area (Å²) in [5.74, 6) is -0.0446. The molecule has 5 heteroatoms. The maximum absolute atomic E-state index is 11.7. The molecule has 0 amide bonds. The highest BCUT2D eigenvalue weighted by atomic mass is 16.3. The molecule has 2 aromatic rings. The van der Waals surface area contributed by atoms with Gasteiger partial charge in [-0.15, -0.1) is 0 Å². The van der Waals surface area contributed by atoms with E-state index in [9.17, 15) is 9.90 Å². The van der Waals surface area contributed by atoms with Gasteiger partial charge in [0, 0.05) is 5.56 Å². The zero-order chi connectivity index (χ0) is 11.9. The van der Waals surface area contributed by atoms with Gasteiger partial charge in [-0.1, -0.05) is 13.3 Å². The van der Waals surface area contributed by atoms with Crippen LogP contribution in [0.4, 0.5) is 0 Å². The van der Waals surface area contributed by atoms with Gasteiger partial charge in [-0.25, -0.2) is 0 Å². The van der Waals surface area contributed by atoms with Crippen LogP contribution in [0.3, 0.4) is 0 Å². The largest absolute Gasteiger partial charge is 0.493 e. The molecule has 2 N–H and O–H groups in total. The van der Waals surface area contributed by atoms with Crippen molar-refractivity contribution in [1.82, 2.24) is 14.6 Å². The molecule has 0 saturated heterocycles. The minimum atomic E-state index is -0.227. The Bertz CT molecular complexity index is 595. The van der Waals surface area contributed by atoms with Gasteiger partial charge in [0.1, 0.15) is 5.65 Å². The van der Waals surface area contributed by atoms with Gasteiger partial charge in [-0.2, -0.15) is 9.61 Å². The summed E-state index contributed by atoms with van der Waals surface area (Å²) in [6.07, 6.45) is 1.36. The van der Waals surface area contributed by atoms with Crippen LogP contribution in [0.25, 0.3) is 5.65 Å². The zero-order valence-corrected chi connectivity index (χ0v) is 9.66. The maximum Gasteiger partial charge on any atom is 0.258 e. The number of hydrogen-bond donors (Lipinski definition) is 2. The molecule has 2 heterocycles. The molecule has 0 aromatic carbocycles. The van der Waals surface area contributed by atoms with Crippen LogP contribution in [0, 0.1) is 13.8 Å². The highest BCUT2D eigenvalue weighted by molar-refractivity contribution is 5.51. The van der Waals surface area contributed by atoms with E-state index >= 15 is 0 Å². The van der Waals surface area contributed by atoms with Crippen molar-refractivity contribution in [1.29, 1.82) is 0 Å². The monoisotopic (exact) mass is 221 g/mol. The van der Waals surface area contributed by atoms with Crippen molar-refractivity contribution in [2.45, 2.75) is 33.6 Å². The molecule has 0 aliphatic rings. The number of aromatic nitrogens is 3. The number of H-pyrrole nitrogens is 1. The highest BCUT2D eigenvalue weighted by Gasteiger charge is 2.14. The number of nitrogens with one attached hydrogen (secondary N) is 1. The fourth-order valence-electron chi connectivity index (χ4n) is 1.79. The van der Waals surface area contributed by atoms with Crippen LogP contribution >= 0.6 is 0 Å². The molecule has 0 fully saturated rings. The highest BCUT2D eigenvalue weighted by Crippen LogP contribution is 2.19. The van der Waals surface area contributed by atoms with Crippen molar-refractivity contribution >= 4 is 5.65 Å². The van der Waals surface area contributed by atoms with Crippen molar-refractivity contribution < 1.29 is 5.11 Å². The molecule has 5 nitrogen and oxygen atoms in total. The molecule has 0 saturated carbocycles. The number of aryl methyl sites for hydroxylation is 2. The lowest BCUT2D eigenvalue weighted by Crippen LogP contribution is -2.15. The molecule has 0 radical (unpaired) electrons.